The van der Waals surface area contributed by atoms with Crippen LogP contribution < -0.4 is 10.6 Å². The zero-order valence-electron chi connectivity index (χ0n) is 16.5. The van der Waals surface area contributed by atoms with Gasteiger partial charge in [-0.1, -0.05) is 36.4 Å². The zero-order valence-corrected chi connectivity index (χ0v) is 17.4. The highest BCUT2D eigenvalue weighted by Gasteiger charge is 2.20. The Morgan fingerprint density at radius 2 is 1.80 bits per heavy atom. The summed E-state index contributed by atoms with van der Waals surface area (Å²) in [6.07, 6.45) is 0. The molecule has 2 aromatic heterocycles. The maximum absolute atomic E-state index is 12.6. The first kappa shape index (κ1) is 19.8. The number of nitrogens with zero attached hydrogens (tertiary/aromatic N) is 2. The molecule has 4 rings (SSSR count). The van der Waals surface area contributed by atoms with Gasteiger partial charge in [0.25, 0.3) is 5.91 Å². The van der Waals surface area contributed by atoms with E-state index in [9.17, 15) is 9.59 Å². The molecule has 0 spiro atoms. The van der Waals surface area contributed by atoms with Crippen molar-refractivity contribution in [1.29, 1.82) is 0 Å². The van der Waals surface area contributed by atoms with E-state index in [1.807, 2.05) is 71.5 Å². The summed E-state index contributed by atoms with van der Waals surface area (Å²) in [5.74, 6) is 0.366. The molecule has 0 saturated carbocycles. The third-order valence-corrected chi connectivity index (χ3v) is 5.67. The summed E-state index contributed by atoms with van der Waals surface area (Å²) in [5, 5.41) is 7.93. The fraction of sp³-hybridized carbons (Fsp3) is 0.174. The Morgan fingerprint density at radius 3 is 2.57 bits per heavy atom. The number of para-hydroxylation sites is 2. The predicted octanol–water partition coefficient (Wildman–Crippen LogP) is 3.91. The number of imidazole rings is 1. The molecule has 1 unspecified atom stereocenters. The quantitative estimate of drug-likeness (QED) is 0.478. The van der Waals surface area contributed by atoms with E-state index in [4.69, 9.17) is 4.98 Å². The summed E-state index contributed by atoms with van der Waals surface area (Å²) in [7, 11) is 0. The number of benzene rings is 2. The Labute approximate surface area is 178 Å². The number of carbonyl (C=O) groups is 2. The van der Waals surface area contributed by atoms with Gasteiger partial charge in [0.15, 0.2) is 0 Å². The van der Waals surface area contributed by atoms with E-state index >= 15 is 0 Å². The third kappa shape index (κ3) is 4.41. The van der Waals surface area contributed by atoms with Crippen LogP contribution in [0.15, 0.2) is 72.1 Å². The van der Waals surface area contributed by atoms with Gasteiger partial charge in [0.1, 0.15) is 12.4 Å². The number of fused-ring (bicyclic) bond motifs is 1. The maximum Gasteiger partial charge on any atom is 0.251 e. The Morgan fingerprint density at radius 1 is 1.03 bits per heavy atom. The van der Waals surface area contributed by atoms with Crippen molar-refractivity contribution in [3.8, 4) is 0 Å². The highest BCUT2D eigenvalue weighted by atomic mass is 32.1. The third-order valence-electron chi connectivity index (χ3n) is 4.80. The Hall–Kier alpha value is -3.45. The predicted molar refractivity (Wildman–Crippen MR) is 118 cm³/mol. The van der Waals surface area contributed by atoms with Gasteiger partial charge in [-0.25, -0.2) is 4.98 Å². The molecule has 7 heteroatoms. The molecule has 0 bridgehead atoms. The van der Waals surface area contributed by atoms with Crippen LogP contribution in [0.5, 0.6) is 0 Å². The molecule has 2 amide bonds. The first-order chi connectivity index (χ1) is 14.6. The topological polar surface area (TPSA) is 76.0 Å². The van der Waals surface area contributed by atoms with Crippen LogP contribution in [0.25, 0.3) is 11.0 Å². The Balaban J connectivity index is 1.55. The lowest BCUT2D eigenvalue weighted by Crippen LogP contribution is -2.31. The molecule has 0 fully saturated rings. The smallest absolute Gasteiger partial charge is 0.251 e. The van der Waals surface area contributed by atoms with E-state index in [1.165, 1.54) is 0 Å². The number of amides is 2. The van der Waals surface area contributed by atoms with Crippen LogP contribution in [0.4, 0.5) is 0 Å². The molecule has 1 atom stereocenters. The van der Waals surface area contributed by atoms with E-state index in [0.717, 1.165) is 15.9 Å². The minimum Gasteiger partial charge on any atom is -0.350 e. The number of aromatic nitrogens is 2. The Bertz CT molecular complexity index is 1150. The highest BCUT2D eigenvalue weighted by molar-refractivity contribution is 7.09. The number of thiophene rings is 1. The van der Waals surface area contributed by atoms with Crippen molar-refractivity contribution in [1.82, 2.24) is 20.2 Å². The van der Waals surface area contributed by atoms with Gasteiger partial charge in [0, 0.05) is 10.4 Å². The van der Waals surface area contributed by atoms with Crippen LogP contribution in [0.2, 0.25) is 0 Å². The SMILES string of the molecule is CC(NC(=O)c1ccccc1)c1nc2ccccc2n1CC(=O)NCc1cccs1. The highest BCUT2D eigenvalue weighted by Crippen LogP contribution is 2.21. The van der Waals surface area contributed by atoms with Gasteiger partial charge in [-0.2, -0.15) is 0 Å². The minimum absolute atomic E-state index is 0.102. The molecule has 6 nitrogen and oxygen atoms in total. The summed E-state index contributed by atoms with van der Waals surface area (Å²) in [5.41, 5.74) is 2.24. The van der Waals surface area contributed by atoms with Crippen molar-refractivity contribution in [3.05, 3.63) is 88.4 Å². The molecule has 0 aliphatic heterocycles. The standard InChI is InChI=1S/C23H22N4O2S/c1-16(25-23(29)17-8-3-2-4-9-17)22-26-19-11-5-6-12-20(19)27(22)15-21(28)24-14-18-10-7-13-30-18/h2-13,16H,14-15H2,1H3,(H,24,28)(H,25,29). The van der Waals surface area contributed by atoms with E-state index < -0.39 is 0 Å². The molecular formula is C23H22N4O2S. The van der Waals surface area contributed by atoms with Crippen LogP contribution in [-0.2, 0) is 17.9 Å². The maximum atomic E-state index is 12.6. The van der Waals surface area contributed by atoms with Crippen molar-refractivity contribution in [2.75, 3.05) is 0 Å². The fourth-order valence-electron chi connectivity index (χ4n) is 3.32. The van der Waals surface area contributed by atoms with Gasteiger partial charge >= 0.3 is 0 Å². The number of hydrogen-bond donors (Lipinski definition) is 2. The van der Waals surface area contributed by atoms with E-state index in [2.05, 4.69) is 10.6 Å². The lowest BCUT2D eigenvalue weighted by Gasteiger charge is -2.16. The van der Waals surface area contributed by atoms with Gasteiger partial charge in [0.2, 0.25) is 5.91 Å². The second kappa shape index (κ2) is 8.92. The first-order valence-corrected chi connectivity index (χ1v) is 10.6. The Kier molecular flexibility index (Phi) is 5.90. The van der Waals surface area contributed by atoms with Crippen LogP contribution in [0, 0.1) is 0 Å². The van der Waals surface area contributed by atoms with Crippen LogP contribution in [0.1, 0.15) is 34.0 Å². The largest absolute Gasteiger partial charge is 0.350 e. The number of carbonyl (C=O) groups excluding carboxylic acids is 2. The molecule has 0 saturated heterocycles. The molecule has 2 N–H and O–H groups in total. The average molecular weight is 419 g/mol. The summed E-state index contributed by atoms with van der Waals surface area (Å²) in [4.78, 5) is 31.0. The van der Waals surface area contributed by atoms with Crippen molar-refractivity contribution in [2.24, 2.45) is 0 Å². The minimum atomic E-state index is -0.366. The van der Waals surface area contributed by atoms with Gasteiger partial charge in [-0.15, -0.1) is 11.3 Å². The molecular weight excluding hydrogens is 396 g/mol. The second-order valence-electron chi connectivity index (χ2n) is 6.96. The lowest BCUT2D eigenvalue weighted by atomic mass is 10.2. The average Bonchev–Trinajstić information content (AvgIpc) is 3.41. The normalized spacial score (nSPS) is 11.9. The van der Waals surface area contributed by atoms with Gasteiger partial charge in [-0.3, -0.25) is 9.59 Å². The van der Waals surface area contributed by atoms with Crippen LogP contribution in [-0.4, -0.2) is 21.4 Å². The lowest BCUT2D eigenvalue weighted by molar-refractivity contribution is -0.121. The zero-order chi connectivity index (χ0) is 20.9. The number of hydrogen-bond acceptors (Lipinski definition) is 4. The second-order valence-corrected chi connectivity index (χ2v) is 7.99. The van der Waals surface area contributed by atoms with Crippen molar-refractivity contribution in [3.63, 3.8) is 0 Å². The van der Waals surface area contributed by atoms with Crippen LogP contribution >= 0.6 is 11.3 Å². The molecule has 30 heavy (non-hydrogen) atoms. The summed E-state index contributed by atoms with van der Waals surface area (Å²) in [6.45, 7) is 2.51. The van der Waals surface area contributed by atoms with Crippen molar-refractivity contribution >= 4 is 34.2 Å². The van der Waals surface area contributed by atoms with Crippen LogP contribution in [0.3, 0.4) is 0 Å². The molecule has 152 valence electrons. The molecule has 0 radical (unpaired) electrons. The van der Waals surface area contributed by atoms with E-state index in [1.54, 1.807) is 23.5 Å². The van der Waals surface area contributed by atoms with E-state index in [-0.39, 0.29) is 24.4 Å². The molecule has 0 aliphatic rings. The molecule has 2 heterocycles. The fourth-order valence-corrected chi connectivity index (χ4v) is 3.97. The van der Waals surface area contributed by atoms with Gasteiger partial charge in [-0.05, 0) is 42.6 Å². The van der Waals surface area contributed by atoms with E-state index in [0.29, 0.717) is 17.9 Å². The molecule has 4 aromatic rings. The number of nitrogens with one attached hydrogen (secondary N) is 2. The van der Waals surface area contributed by atoms with Crippen molar-refractivity contribution in [2.45, 2.75) is 26.1 Å². The van der Waals surface area contributed by atoms with Gasteiger partial charge in [0.05, 0.1) is 23.6 Å². The van der Waals surface area contributed by atoms with Crippen molar-refractivity contribution < 1.29 is 9.59 Å². The summed E-state index contributed by atoms with van der Waals surface area (Å²) < 4.78 is 1.87. The van der Waals surface area contributed by atoms with Gasteiger partial charge < -0.3 is 15.2 Å². The molecule has 2 aromatic carbocycles. The first-order valence-electron chi connectivity index (χ1n) is 9.72. The molecule has 0 aliphatic carbocycles. The number of rotatable bonds is 7. The monoisotopic (exact) mass is 418 g/mol. The summed E-state index contributed by atoms with van der Waals surface area (Å²) >= 11 is 1.61. The summed E-state index contributed by atoms with van der Waals surface area (Å²) in [6, 6.07) is 20.3.